The number of esters is 1. The lowest BCUT2D eigenvalue weighted by Crippen LogP contribution is -2.28. The summed E-state index contributed by atoms with van der Waals surface area (Å²) in [6.07, 6.45) is 2.22. The SMILES string of the molecule is C=C(OC(=O)C(F)(F)F)C(=O)Nc1cccc(Oc2nc(Nc3cnn(CCOC)c3)ncc2C2=CCOCC2)c1. The van der Waals surface area contributed by atoms with E-state index in [0.717, 1.165) is 5.57 Å². The van der Waals surface area contributed by atoms with Crippen molar-refractivity contribution >= 4 is 34.8 Å². The van der Waals surface area contributed by atoms with Gasteiger partial charge in [-0.15, -0.1) is 0 Å². The van der Waals surface area contributed by atoms with Crippen LogP contribution in [0.2, 0.25) is 0 Å². The normalized spacial score (nSPS) is 13.2. The predicted octanol–water partition coefficient (Wildman–Crippen LogP) is 4.22. The zero-order valence-electron chi connectivity index (χ0n) is 21.7. The van der Waals surface area contributed by atoms with Crippen molar-refractivity contribution in [2.24, 2.45) is 0 Å². The summed E-state index contributed by atoms with van der Waals surface area (Å²) in [5.74, 6) is -4.05. The molecule has 0 unspecified atom stereocenters. The Morgan fingerprint density at radius 3 is 2.78 bits per heavy atom. The lowest BCUT2D eigenvalue weighted by molar-refractivity contribution is -0.195. The number of anilines is 3. The number of hydrogen-bond acceptors (Lipinski definition) is 10. The van der Waals surface area contributed by atoms with Gasteiger partial charge in [0.15, 0.2) is 5.76 Å². The molecule has 1 amide bonds. The molecule has 2 N–H and O–H groups in total. The van der Waals surface area contributed by atoms with Gasteiger partial charge in [0, 0.05) is 31.3 Å². The summed E-state index contributed by atoms with van der Waals surface area (Å²) < 4.78 is 59.5. The van der Waals surface area contributed by atoms with Gasteiger partial charge in [-0.05, 0) is 24.1 Å². The molecule has 0 radical (unpaired) electrons. The molecule has 2 aromatic heterocycles. The summed E-state index contributed by atoms with van der Waals surface area (Å²) in [7, 11) is 1.60. The maximum absolute atomic E-state index is 12.4. The number of carbonyl (C=O) groups excluding carboxylic acids is 2. The van der Waals surface area contributed by atoms with Gasteiger partial charge < -0.3 is 29.6 Å². The van der Waals surface area contributed by atoms with Crippen molar-refractivity contribution in [3.05, 3.63) is 66.8 Å². The number of alkyl halides is 3. The molecule has 3 heterocycles. The maximum Gasteiger partial charge on any atom is 0.491 e. The molecule has 12 nitrogen and oxygen atoms in total. The first-order chi connectivity index (χ1) is 19.6. The number of rotatable bonds is 11. The molecule has 3 aromatic rings. The lowest BCUT2D eigenvalue weighted by atomic mass is 10.0. The van der Waals surface area contributed by atoms with Crippen LogP contribution in [0.4, 0.5) is 30.5 Å². The second-order valence-corrected chi connectivity index (χ2v) is 8.47. The van der Waals surface area contributed by atoms with Gasteiger partial charge in [0.1, 0.15) is 5.75 Å². The Kier molecular flexibility index (Phi) is 9.31. The first-order valence-corrected chi connectivity index (χ1v) is 12.1. The standard InChI is InChI=1S/C26H25F3N6O6/c1-16(40-24(37)26(27,28)29)22(36)32-18-4-3-5-20(12-18)41-23-21(17-6-9-39-10-7-17)14-30-25(34-23)33-19-13-31-35(15-19)8-11-38-2/h3-6,12-15H,1,7-11H2,2H3,(H,32,36)(H,30,33,34). The number of nitrogens with one attached hydrogen (secondary N) is 2. The van der Waals surface area contributed by atoms with Crippen LogP contribution in [0.15, 0.2) is 61.3 Å². The number of methoxy groups -OCH3 is 1. The number of benzene rings is 1. The third-order valence-electron chi connectivity index (χ3n) is 5.48. The monoisotopic (exact) mass is 574 g/mol. The number of amides is 1. The molecule has 1 aliphatic rings. The van der Waals surface area contributed by atoms with Crippen LogP contribution in [0, 0.1) is 0 Å². The molecule has 0 bridgehead atoms. The summed E-state index contributed by atoms with van der Waals surface area (Å²) in [6.45, 7) is 5.06. The number of ether oxygens (including phenoxy) is 4. The molecule has 1 aliphatic heterocycles. The van der Waals surface area contributed by atoms with Crippen molar-refractivity contribution < 1.29 is 41.7 Å². The molecule has 1 aromatic carbocycles. The first kappa shape index (κ1) is 29.2. The van der Waals surface area contributed by atoms with Crippen molar-refractivity contribution in [3.8, 4) is 11.6 Å². The number of hydrogen-bond donors (Lipinski definition) is 2. The smallest absolute Gasteiger partial charge is 0.438 e. The van der Waals surface area contributed by atoms with Crippen molar-refractivity contribution in [3.63, 3.8) is 0 Å². The Bertz CT molecular complexity index is 1460. The average molecular weight is 575 g/mol. The Hall–Kier alpha value is -4.76. The third-order valence-corrected chi connectivity index (χ3v) is 5.48. The van der Waals surface area contributed by atoms with Gasteiger partial charge in [0.25, 0.3) is 5.91 Å². The van der Waals surface area contributed by atoms with Crippen LogP contribution < -0.4 is 15.4 Å². The van der Waals surface area contributed by atoms with Gasteiger partial charge in [-0.3, -0.25) is 9.48 Å². The summed E-state index contributed by atoms with van der Waals surface area (Å²) in [4.78, 5) is 32.2. The first-order valence-electron chi connectivity index (χ1n) is 12.1. The topological polar surface area (TPSA) is 139 Å². The Labute approximate surface area is 231 Å². The molecular formula is C26H25F3N6O6. The Balaban J connectivity index is 1.53. The minimum absolute atomic E-state index is 0.138. The van der Waals surface area contributed by atoms with Crippen LogP contribution in [0.1, 0.15) is 12.0 Å². The second kappa shape index (κ2) is 13.1. The van der Waals surface area contributed by atoms with E-state index in [1.54, 1.807) is 36.4 Å². The van der Waals surface area contributed by atoms with Gasteiger partial charge in [-0.25, -0.2) is 9.78 Å². The van der Waals surface area contributed by atoms with E-state index in [-0.39, 0.29) is 23.3 Å². The Morgan fingerprint density at radius 2 is 2.05 bits per heavy atom. The van der Waals surface area contributed by atoms with Gasteiger partial charge in [-0.1, -0.05) is 18.7 Å². The molecule has 0 saturated heterocycles. The highest BCUT2D eigenvalue weighted by molar-refractivity contribution is 6.03. The lowest BCUT2D eigenvalue weighted by Gasteiger charge is -2.17. The number of nitrogens with zero attached hydrogens (tertiary/aromatic N) is 4. The van der Waals surface area contributed by atoms with E-state index >= 15 is 0 Å². The molecule has 0 aliphatic carbocycles. The zero-order valence-corrected chi connectivity index (χ0v) is 21.7. The molecule has 41 heavy (non-hydrogen) atoms. The van der Waals surface area contributed by atoms with Crippen LogP contribution >= 0.6 is 0 Å². The fraction of sp³-hybridized carbons (Fsp3) is 0.269. The number of aromatic nitrogens is 4. The fourth-order valence-corrected chi connectivity index (χ4v) is 3.53. The van der Waals surface area contributed by atoms with Crippen molar-refractivity contribution in [1.29, 1.82) is 0 Å². The molecule has 4 rings (SSSR count). The van der Waals surface area contributed by atoms with Gasteiger partial charge in [0.05, 0.1) is 43.8 Å². The van der Waals surface area contributed by atoms with E-state index in [1.807, 2.05) is 6.08 Å². The van der Waals surface area contributed by atoms with E-state index in [4.69, 9.17) is 14.2 Å². The average Bonchev–Trinajstić information content (AvgIpc) is 3.39. The molecule has 0 spiro atoms. The fourth-order valence-electron chi connectivity index (χ4n) is 3.53. The molecular weight excluding hydrogens is 549 g/mol. The van der Waals surface area contributed by atoms with Crippen molar-refractivity contribution in [2.45, 2.75) is 19.1 Å². The predicted molar refractivity (Wildman–Crippen MR) is 139 cm³/mol. The summed E-state index contributed by atoms with van der Waals surface area (Å²) in [6, 6.07) is 6.00. The third kappa shape index (κ3) is 8.12. The minimum Gasteiger partial charge on any atom is -0.438 e. The quantitative estimate of drug-likeness (QED) is 0.194. The van der Waals surface area contributed by atoms with Crippen LogP contribution in [0.3, 0.4) is 0 Å². The van der Waals surface area contributed by atoms with E-state index in [2.05, 4.69) is 37.0 Å². The number of carbonyl (C=O) groups is 2. The van der Waals surface area contributed by atoms with Crippen LogP contribution in [0.5, 0.6) is 11.6 Å². The highest BCUT2D eigenvalue weighted by Crippen LogP contribution is 2.33. The highest BCUT2D eigenvalue weighted by Gasteiger charge is 2.42. The highest BCUT2D eigenvalue weighted by atomic mass is 19.4. The van der Waals surface area contributed by atoms with Crippen LogP contribution in [0.25, 0.3) is 5.57 Å². The van der Waals surface area contributed by atoms with E-state index in [1.165, 1.54) is 18.2 Å². The minimum atomic E-state index is -5.27. The summed E-state index contributed by atoms with van der Waals surface area (Å²) >= 11 is 0. The van der Waals surface area contributed by atoms with E-state index in [9.17, 15) is 22.8 Å². The van der Waals surface area contributed by atoms with Gasteiger partial charge >= 0.3 is 12.1 Å². The largest absolute Gasteiger partial charge is 0.491 e. The summed E-state index contributed by atoms with van der Waals surface area (Å²) in [5, 5.41) is 9.63. The molecule has 0 fully saturated rings. The Morgan fingerprint density at radius 1 is 1.22 bits per heavy atom. The number of halogens is 3. The second-order valence-electron chi connectivity index (χ2n) is 8.47. The zero-order chi connectivity index (χ0) is 29.4. The van der Waals surface area contributed by atoms with Crippen molar-refractivity contribution in [2.75, 3.05) is 37.6 Å². The van der Waals surface area contributed by atoms with Crippen LogP contribution in [-0.2, 0) is 30.3 Å². The van der Waals surface area contributed by atoms with E-state index < -0.39 is 23.8 Å². The van der Waals surface area contributed by atoms with E-state index in [0.29, 0.717) is 44.0 Å². The molecule has 0 saturated carbocycles. The van der Waals surface area contributed by atoms with Crippen molar-refractivity contribution in [1.82, 2.24) is 19.7 Å². The summed E-state index contributed by atoms with van der Waals surface area (Å²) in [5.41, 5.74) is 2.31. The molecule has 15 heteroatoms. The molecule has 0 atom stereocenters. The van der Waals surface area contributed by atoms with Crippen LogP contribution in [-0.4, -0.2) is 64.7 Å². The maximum atomic E-state index is 12.4. The molecule has 216 valence electrons. The van der Waals surface area contributed by atoms with Gasteiger partial charge in [-0.2, -0.15) is 23.3 Å². The van der Waals surface area contributed by atoms with Gasteiger partial charge in [0.2, 0.25) is 11.8 Å².